The summed E-state index contributed by atoms with van der Waals surface area (Å²) in [7, 11) is 0. The minimum absolute atomic E-state index is 1.13. The van der Waals surface area contributed by atoms with Gasteiger partial charge in [-0.3, -0.25) is 0 Å². The Bertz CT molecular complexity index is 2060. The predicted octanol–water partition coefficient (Wildman–Crippen LogP) is 14.2. The van der Waals surface area contributed by atoms with E-state index in [0.717, 1.165) is 34.1 Å². The number of hydrogen-bond donors (Lipinski definition) is 0. The Labute approximate surface area is 301 Å². The molecule has 0 atom stereocenters. The van der Waals surface area contributed by atoms with Gasteiger partial charge in [0.1, 0.15) is 0 Å². The maximum atomic E-state index is 2.30. The second kappa shape index (κ2) is 14.7. The van der Waals surface area contributed by atoms with Crippen LogP contribution in [0.1, 0.15) is 20.9 Å². The number of para-hydroxylation sites is 4. The van der Waals surface area contributed by atoms with E-state index in [9.17, 15) is 0 Å². The quantitative estimate of drug-likeness (QED) is 0.142. The summed E-state index contributed by atoms with van der Waals surface area (Å²) in [4.78, 5) is 7.09. The lowest BCUT2D eigenvalue weighted by molar-refractivity contribution is 1.28. The van der Waals surface area contributed by atoms with Crippen LogP contribution in [0.15, 0.2) is 182 Å². The molecule has 6 aromatic carbocycles. The van der Waals surface area contributed by atoms with Crippen LogP contribution in [0, 0.1) is 0 Å². The van der Waals surface area contributed by atoms with Crippen LogP contribution in [0.2, 0.25) is 0 Å². The molecule has 0 radical (unpaired) electrons. The molecule has 0 amide bonds. The highest BCUT2D eigenvalue weighted by molar-refractivity contribution is 7.28. The van der Waals surface area contributed by atoms with E-state index < -0.39 is 0 Å². The summed E-state index contributed by atoms with van der Waals surface area (Å²) >= 11 is 3.68. The third-order valence-electron chi connectivity index (χ3n) is 8.49. The lowest BCUT2D eigenvalue weighted by Gasteiger charge is -2.25. The van der Waals surface area contributed by atoms with Crippen LogP contribution in [0.5, 0.6) is 0 Å². The Morgan fingerprint density at radius 3 is 0.880 bits per heavy atom. The van der Waals surface area contributed by atoms with Crippen molar-refractivity contribution in [2.24, 2.45) is 0 Å². The maximum Gasteiger partial charge on any atom is 0.0463 e. The van der Waals surface area contributed by atoms with Gasteiger partial charge in [-0.1, -0.05) is 109 Å². The number of hydrogen-bond acceptors (Lipinski definition) is 4. The molecule has 2 nitrogen and oxygen atoms in total. The van der Waals surface area contributed by atoms with E-state index in [4.69, 9.17) is 0 Å². The number of thiophene rings is 2. The number of nitrogens with zero attached hydrogens (tertiary/aromatic N) is 2. The van der Waals surface area contributed by atoms with E-state index in [1.165, 1.54) is 30.3 Å². The highest BCUT2D eigenvalue weighted by Gasteiger charge is 2.13. The standard InChI is InChI=1S/C46H34N2S2/c1-5-13-37(14-6-1)47(38-15-7-2-8-16-38)41-27-21-35(22-28-41)25-31-43-33-45-46(49-43)34-44(50-45)32-26-36-23-29-42(30-24-36)48(39-17-9-3-10-18-39)40-19-11-4-12-20-40/h1-34H. The number of fused-ring (bicyclic) bond motifs is 1. The van der Waals surface area contributed by atoms with E-state index in [2.05, 4.69) is 216 Å². The molecule has 2 heterocycles. The lowest BCUT2D eigenvalue weighted by atomic mass is 10.1. The fraction of sp³-hybridized carbons (Fsp3) is 0. The Balaban J connectivity index is 0.946. The average Bonchev–Trinajstić information content (AvgIpc) is 3.75. The van der Waals surface area contributed by atoms with Gasteiger partial charge in [-0.15, -0.1) is 22.7 Å². The monoisotopic (exact) mass is 678 g/mol. The molecule has 0 aliphatic heterocycles. The van der Waals surface area contributed by atoms with E-state index in [-0.39, 0.29) is 0 Å². The van der Waals surface area contributed by atoms with E-state index in [1.54, 1.807) is 0 Å². The Hall–Kier alpha value is -5.94. The molecule has 0 aliphatic carbocycles. The zero-order valence-corrected chi connectivity index (χ0v) is 29.0. The lowest BCUT2D eigenvalue weighted by Crippen LogP contribution is -2.09. The van der Waals surface area contributed by atoms with Gasteiger partial charge in [0.15, 0.2) is 0 Å². The maximum absolute atomic E-state index is 2.30. The molecular formula is C46H34N2S2. The Morgan fingerprint density at radius 2 is 0.580 bits per heavy atom. The van der Waals surface area contributed by atoms with Gasteiger partial charge in [0, 0.05) is 53.3 Å². The van der Waals surface area contributed by atoms with Crippen molar-refractivity contribution >= 4 is 90.5 Å². The smallest absolute Gasteiger partial charge is 0.0463 e. The second-order valence-corrected chi connectivity index (χ2v) is 14.1. The SMILES string of the molecule is C(=Cc1cc2sc(C=Cc3ccc(N(c4ccccc4)c4ccccc4)cc3)cc2s1)c1ccc(N(c2ccccc2)c2ccccc2)cc1. The van der Waals surface area contributed by atoms with E-state index in [1.807, 2.05) is 22.7 Å². The van der Waals surface area contributed by atoms with Crippen LogP contribution in [-0.2, 0) is 0 Å². The summed E-state index contributed by atoms with van der Waals surface area (Å²) in [5.41, 5.74) is 9.18. The van der Waals surface area contributed by atoms with E-state index in [0.29, 0.717) is 0 Å². The fourth-order valence-electron chi connectivity index (χ4n) is 6.07. The highest BCUT2D eigenvalue weighted by Crippen LogP contribution is 2.37. The molecule has 0 saturated carbocycles. The van der Waals surface area contributed by atoms with Gasteiger partial charge in [-0.2, -0.15) is 0 Å². The number of anilines is 6. The summed E-state index contributed by atoms with van der Waals surface area (Å²) < 4.78 is 2.64. The first kappa shape index (κ1) is 31.3. The Kier molecular flexibility index (Phi) is 9.19. The van der Waals surface area contributed by atoms with Crippen molar-refractivity contribution < 1.29 is 0 Å². The van der Waals surface area contributed by atoms with Crippen molar-refractivity contribution in [1.82, 2.24) is 0 Å². The molecule has 240 valence electrons. The molecule has 2 aromatic heterocycles. The highest BCUT2D eigenvalue weighted by atomic mass is 32.1. The van der Waals surface area contributed by atoms with Crippen LogP contribution in [0.4, 0.5) is 34.1 Å². The van der Waals surface area contributed by atoms with Crippen LogP contribution in [-0.4, -0.2) is 0 Å². The summed E-state index contributed by atoms with van der Waals surface area (Å²) in [5, 5.41) is 0. The fourth-order valence-corrected chi connectivity index (χ4v) is 8.29. The molecule has 0 unspecified atom stereocenters. The van der Waals surface area contributed by atoms with Crippen LogP contribution >= 0.6 is 22.7 Å². The summed E-state index contributed by atoms with van der Waals surface area (Å²) in [6, 6.07) is 64.2. The summed E-state index contributed by atoms with van der Waals surface area (Å²) in [5.74, 6) is 0. The molecule has 0 bridgehead atoms. The summed E-state index contributed by atoms with van der Waals surface area (Å²) in [6.45, 7) is 0. The van der Waals surface area contributed by atoms with Crippen molar-refractivity contribution in [2.75, 3.05) is 9.80 Å². The van der Waals surface area contributed by atoms with Crippen molar-refractivity contribution in [3.63, 3.8) is 0 Å². The van der Waals surface area contributed by atoms with Gasteiger partial charge >= 0.3 is 0 Å². The molecule has 0 aliphatic rings. The van der Waals surface area contributed by atoms with Crippen LogP contribution < -0.4 is 9.80 Å². The molecule has 8 aromatic rings. The molecule has 0 saturated heterocycles. The first-order valence-corrected chi connectivity index (χ1v) is 18.3. The molecule has 0 spiro atoms. The van der Waals surface area contributed by atoms with Crippen molar-refractivity contribution in [3.8, 4) is 0 Å². The van der Waals surface area contributed by atoms with Gasteiger partial charge in [0.05, 0.1) is 0 Å². The third kappa shape index (κ3) is 7.08. The second-order valence-electron chi connectivity index (χ2n) is 11.9. The van der Waals surface area contributed by atoms with Crippen LogP contribution in [0.25, 0.3) is 33.7 Å². The van der Waals surface area contributed by atoms with Gasteiger partial charge in [-0.05, 0) is 108 Å². The molecule has 0 N–H and O–H groups in total. The first-order chi connectivity index (χ1) is 24.8. The minimum Gasteiger partial charge on any atom is -0.311 e. The van der Waals surface area contributed by atoms with Crippen molar-refractivity contribution in [3.05, 3.63) is 203 Å². The molecule has 50 heavy (non-hydrogen) atoms. The molecule has 4 heteroatoms. The first-order valence-electron chi connectivity index (χ1n) is 16.7. The Morgan fingerprint density at radius 1 is 0.300 bits per heavy atom. The predicted molar refractivity (Wildman–Crippen MR) is 220 cm³/mol. The molecule has 8 rings (SSSR count). The van der Waals surface area contributed by atoms with Gasteiger partial charge < -0.3 is 9.80 Å². The normalized spacial score (nSPS) is 11.4. The largest absolute Gasteiger partial charge is 0.311 e. The number of rotatable bonds is 10. The minimum atomic E-state index is 1.13. The van der Waals surface area contributed by atoms with Gasteiger partial charge in [-0.25, -0.2) is 0 Å². The average molecular weight is 679 g/mol. The van der Waals surface area contributed by atoms with Gasteiger partial charge in [0.2, 0.25) is 0 Å². The topological polar surface area (TPSA) is 6.48 Å². The van der Waals surface area contributed by atoms with Crippen molar-refractivity contribution in [1.29, 1.82) is 0 Å². The number of benzene rings is 6. The molecule has 0 fully saturated rings. The zero-order valence-electron chi connectivity index (χ0n) is 27.3. The van der Waals surface area contributed by atoms with Crippen LogP contribution in [0.3, 0.4) is 0 Å². The van der Waals surface area contributed by atoms with Crippen molar-refractivity contribution in [2.45, 2.75) is 0 Å². The summed E-state index contributed by atoms with van der Waals surface area (Å²) in [6.07, 6.45) is 8.86. The molecular weight excluding hydrogens is 645 g/mol. The third-order valence-corrected chi connectivity index (χ3v) is 10.7. The van der Waals surface area contributed by atoms with Gasteiger partial charge in [0.25, 0.3) is 0 Å². The zero-order chi connectivity index (χ0) is 33.5. The van der Waals surface area contributed by atoms with E-state index >= 15 is 0 Å².